The summed E-state index contributed by atoms with van der Waals surface area (Å²) in [5.74, 6) is -1.18. The molecule has 1 aromatic heterocycles. The highest BCUT2D eigenvalue weighted by molar-refractivity contribution is 6.14. The Labute approximate surface area is 141 Å². The van der Waals surface area contributed by atoms with E-state index in [0.717, 1.165) is 5.56 Å². The molecular weight excluding hydrogens is 326 g/mol. The van der Waals surface area contributed by atoms with Crippen LogP contribution in [0.5, 0.6) is 0 Å². The van der Waals surface area contributed by atoms with Crippen molar-refractivity contribution in [2.75, 3.05) is 6.54 Å². The maximum absolute atomic E-state index is 12.0. The molecule has 2 N–H and O–H groups in total. The highest BCUT2D eigenvalue weighted by Gasteiger charge is 2.35. The molecule has 3 rings (SSSR count). The van der Waals surface area contributed by atoms with E-state index in [9.17, 15) is 14.4 Å². The first kappa shape index (κ1) is 16.0. The first-order valence-corrected chi connectivity index (χ1v) is 7.14. The first-order chi connectivity index (χ1) is 12.0. The molecule has 2 heterocycles. The van der Waals surface area contributed by atoms with Crippen molar-refractivity contribution in [3.05, 3.63) is 53.4 Å². The van der Waals surface area contributed by atoms with E-state index >= 15 is 0 Å². The number of carbonyl (C=O) groups excluding carboxylic acids is 2. The standard InChI is InChI=1S/C17H11N3O5/c18-8-10-1-3-11(4-2-10)14-6-5-12(25-14)7-13-16(23)20(9-15(21)22)17(24)19-13/h1-7H,9H2,(H,19,24)(H,21,22). The van der Waals surface area contributed by atoms with Crippen LogP contribution in [-0.4, -0.2) is 34.5 Å². The van der Waals surface area contributed by atoms with Gasteiger partial charge in [-0.3, -0.25) is 9.59 Å². The number of nitrogens with one attached hydrogen (secondary N) is 1. The fraction of sp³-hybridized carbons (Fsp3) is 0.0588. The number of amides is 3. The monoisotopic (exact) mass is 337 g/mol. The van der Waals surface area contributed by atoms with Crippen LogP contribution in [0.2, 0.25) is 0 Å². The summed E-state index contributed by atoms with van der Waals surface area (Å²) in [6.07, 6.45) is 1.33. The number of urea groups is 1. The molecule has 1 aromatic carbocycles. The van der Waals surface area contributed by atoms with Crippen LogP contribution in [0.3, 0.4) is 0 Å². The zero-order valence-electron chi connectivity index (χ0n) is 12.7. The topological polar surface area (TPSA) is 124 Å². The Bertz CT molecular complexity index is 934. The number of hydrogen-bond acceptors (Lipinski definition) is 5. The number of carboxylic acids is 1. The van der Waals surface area contributed by atoms with E-state index in [4.69, 9.17) is 14.8 Å². The molecule has 0 aliphatic carbocycles. The van der Waals surface area contributed by atoms with E-state index in [2.05, 4.69) is 5.32 Å². The summed E-state index contributed by atoms with van der Waals surface area (Å²) in [4.78, 5) is 35.0. The van der Waals surface area contributed by atoms with Gasteiger partial charge in [0.05, 0.1) is 11.6 Å². The highest BCUT2D eigenvalue weighted by atomic mass is 16.4. The van der Waals surface area contributed by atoms with Crippen LogP contribution in [0.15, 0.2) is 46.5 Å². The molecule has 3 amide bonds. The zero-order valence-corrected chi connectivity index (χ0v) is 12.7. The Morgan fingerprint density at radius 2 is 1.96 bits per heavy atom. The molecule has 0 unspecified atom stereocenters. The first-order valence-electron chi connectivity index (χ1n) is 7.14. The van der Waals surface area contributed by atoms with Crippen molar-refractivity contribution in [1.82, 2.24) is 10.2 Å². The molecule has 25 heavy (non-hydrogen) atoms. The molecule has 1 aliphatic heterocycles. The van der Waals surface area contributed by atoms with E-state index in [1.807, 2.05) is 6.07 Å². The van der Waals surface area contributed by atoms with Crippen LogP contribution in [0.1, 0.15) is 11.3 Å². The van der Waals surface area contributed by atoms with Gasteiger partial charge in [-0.05, 0) is 36.4 Å². The van der Waals surface area contributed by atoms with Gasteiger partial charge in [0, 0.05) is 11.6 Å². The van der Waals surface area contributed by atoms with Gasteiger partial charge < -0.3 is 14.8 Å². The molecule has 0 bridgehead atoms. The minimum Gasteiger partial charge on any atom is -0.480 e. The lowest BCUT2D eigenvalue weighted by Crippen LogP contribution is -2.35. The van der Waals surface area contributed by atoms with Crippen molar-refractivity contribution in [3.8, 4) is 17.4 Å². The van der Waals surface area contributed by atoms with Crippen LogP contribution in [0, 0.1) is 11.3 Å². The van der Waals surface area contributed by atoms with E-state index in [1.165, 1.54) is 6.08 Å². The zero-order chi connectivity index (χ0) is 18.0. The predicted octanol–water partition coefficient (Wildman–Crippen LogP) is 1.80. The number of benzene rings is 1. The lowest BCUT2D eigenvalue weighted by molar-refractivity contribution is -0.140. The van der Waals surface area contributed by atoms with Crippen molar-refractivity contribution in [3.63, 3.8) is 0 Å². The molecular formula is C17H11N3O5. The quantitative estimate of drug-likeness (QED) is 0.647. The third-order valence-electron chi connectivity index (χ3n) is 3.47. The molecule has 8 nitrogen and oxygen atoms in total. The molecule has 1 aliphatic rings. The second-order valence-corrected chi connectivity index (χ2v) is 5.16. The van der Waals surface area contributed by atoms with Gasteiger partial charge in [-0.2, -0.15) is 5.26 Å². The Balaban J connectivity index is 1.82. The summed E-state index contributed by atoms with van der Waals surface area (Å²) in [5.41, 5.74) is 1.21. The molecule has 1 saturated heterocycles. The Morgan fingerprint density at radius 1 is 1.24 bits per heavy atom. The van der Waals surface area contributed by atoms with Crippen molar-refractivity contribution in [1.29, 1.82) is 5.26 Å². The number of rotatable bonds is 4. The summed E-state index contributed by atoms with van der Waals surface area (Å²) in [7, 11) is 0. The Hall–Kier alpha value is -3.86. The Kier molecular flexibility index (Phi) is 4.05. The van der Waals surface area contributed by atoms with E-state index in [0.29, 0.717) is 22.0 Å². The van der Waals surface area contributed by atoms with Crippen molar-refractivity contribution < 1.29 is 23.9 Å². The largest absolute Gasteiger partial charge is 0.480 e. The third-order valence-corrected chi connectivity index (χ3v) is 3.47. The van der Waals surface area contributed by atoms with Gasteiger partial charge in [-0.1, -0.05) is 0 Å². The molecule has 2 aromatic rings. The van der Waals surface area contributed by atoms with Crippen molar-refractivity contribution in [2.24, 2.45) is 0 Å². The molecule has 8 heteroatoms. The van der Waals surface area contributed by atoms with Gasteiger partial charge in [-0.15, -0.1) is 0 Å². The second-order valence-electron chi connectivity index (χ2n) is 5.16. The van der Waals surface area contributed by atoms with Crippen LogP contribution in [0.25, 0.3) is 17.4 Å². The minimum atomic E-state index is -1.29. The molecule has 0 spiro atoms. The predicted molar refractivity (Wildman–Crippen MR) is 84.7 cm³/mol. The number of carboxylic acid groups (broad SMARTS) is 1. The molecule has 1 fully saturated rings. The molecule has 0 radical (unpaired) electrons. The second kappa shape index (κ2) is 6.33. The van der Waals surface area contributed by atoms with Crippen LogP contribution < -0.4 is 5.32 Å². The van der Waals surface area contributed by atoms with Crippen LogP contribution in [-0.2, 0) is 9.59 Å². The van der Waals surface area contributed by atoms with Crippen molar-refractivity contribution >= 4 is 24.0 Å². The van der Waals surface area contributed by atoms with E-state index in [-0.39, 0.29) is 5.70 Å². The summed E-state index contributed by atoms with van der Waals surface area (Å²) in [6.45, 7) is -0.712. The Morgan fingerprint density at radius 3 is 2.60 bits per heavy atom. The highest BCUT2D eigenvalue weighted by Crippen LogP contribution is 2.24. The smallest absolute Gasteiger partial charge is 0.329 e. The maximum atomic E-state index is 12.0. The summed E-state index contributed by atoms with van der Waals surface area (Å²) in [6, 6.07) is 11.3. The van der Waals surface area contributed by atoms with Gasteiger partial charge in [0.1, 0.15) is 23.8 Å². The minimum absolute atomic E-state index is 0.0630. The van der Waals surface area contributed by atoms with Crippen LogP contribution >= 0.6 is 0 Å². The number of hydrogen-bond donors (Lipinski definition) is 2. The van der Waals surface area contributed by atoms with Gasteiger partial charge in [0.25, 0.3) is 5.91 Å². The maximum Gasteiger partial charge on any atom is 0.329 e. The number of nitrogens with zero attached hydrogens (tertiary/aromatic N) is 2. The lowest BCUT2D eigenvalue weighted by atomic mass is 10.1. The lowest BCUT2D eigenvalue weighted by Gasteiger charge is -2.06. The average molecular weight is 337 g/mol. The number of imide groups is 1. The van der Waals surface area contributed by atoms with Gasteiger partial charge >= 0.3 is 12.0 Å². The fourth-order valence-electron chi connectivity index (χ4n) is 2.29. The van der Waals surface area contributed by atoms with Gasteiger partial charge in [0.2, 0.25) is 0 Å². The number of aliphatic carboxylic acids is 1. The number of nitriles is 1. The van der Waals surface area contributed by atoms with Gasteiger partial charge in [0.15, 0.2) is 0 Å². The summed E-state index contributed by atoms with van der Waals surface area (Å²) >= 11 is 0. The normalized spacial score (nSPS) is 15.3. The average Bonchev–Trinajstić information content (AvgIpc) is 3.15. The third kappa shape index (κ3) is 3.25. The summed E-state index contributed by atoms with van der Waals surface area (Å²) in [5, 5.41) is 19.8. The van der Waals surface area contributed by atoms with Crippen LogP contribution in [0.4, 0.5) is 4.79 Å². The molecule has 0 saturated carbocycles. The van der Waals surface area contributed by atoms with E-state index < -0.39 is 24.5 Å². The van der Waals surface area contributed by atoms with Gasteiger partial charge in [-0.25, -0.2) is 9.69 Å². The summed E-state index contributed by atoms with van der Waals surface area (Å²) < 4.78 is 5.61. The van der Waals surface area contributed by atoms with E-state index in [1.54, 1.807) is 36.4 Å². The molecule has 124 valence electrons. The van der Waals surface area contributed by atoms with Crippen molar-refractivity contribution in [2.45, 2.75) is 0 Å². The molecule has 0 atom stereocenters. The number of carbonyl (C=O) groups is 3. The fourth-order valence-corrected chi connectivity index (χ4v) is 2.29. The SMILES string of the molecule is N#Cc1ccc(-c2ccc(C=C3NC(=O)N(CC(=O)O)C3=O)o2)cc1. The number of furan rings is 1.